The van der Waals surface area contributed by atoms with Gasteiger partial charge in [0, 0.05) is 18.5 Å². The van der Waals surface area contributed by atoms with E-state index in [9.17, 15) is 4.79 Å². The second kappa shape index (κ2) is 3.87. The van der Waals surface area contributed by atoms with Crippen LogP contribution in [0.15, 0.2) is 0 Å². The Kier molecular flexibility index (Phi) is 2.74. The monoisotopic (exact) mass is 198 g/mol. The lowest BCUT2D eigenvalue weighted by atomic mass is 9.88. The van der Waals surface area contributed by atoms with Gasteiger partial charge in [-0.25, -0.2) is 0 Å². The fourth-order valence-corrected chi connectivity index (χ4v) is 1.88. The zero-order chi connectivity index (χ0) is 10.0. The molecule has 4 heteroatoms. The van der Waals surface area contributed by atoms with Gasteiger partial charge in [-0.05, 0) is 13.0 Å². The Bertz CT molecular complexity index is 220. The van der Waals surface area contributed by atoms with Crippen molar-refractivity contribution >= 4 is 5.91 Å². The van der Waals surface area contributed by atoms with Gasteiger partial charge in [0.15, 0.2) is 0 Å². The normalized spacial score (nSPS) is 29.6. The first-order chi connectivity index (χ1) is 6.70. The zero-order valence-corrected chi connectivity index (χ0v) is 8.64. The van der Waals surface area contributed by atoms with Crippen LogP contribution < -0.4 is 10.6 Å². The smallest absolute Gasteiger partial charge is 0.224 e. The van der Waals surface area contributed by atoms with E-state index in [2.05, 4.69) is 17.6 Å². The first-order valence-electron chi connectivity index (χ1n) is 5.26. The average molecular weight is 198 g/mol. The van der Waals surface area contributed by atoms with Crippen molar-refractivity contribution in [1.29, 1.82) is 0 Å². The van der Waals surface area contributed by atoms with E-state index in [0.29, 0.717) is 0 Å². The molecule has 0 aromatic heterocycles. The van der Waals surface area contributed by atoms with Gasteiger partial charge in [0.25, 0.3) is 0 Å². The molecule has 2 aliphatic rings. The van der Waals surface area contributed by atoms with Gasteiger partial charge in [0.2, 0.25) is 5.91 Å². The molecule has 0 unspecified atom stereocenters. The maximum absolute atomic E-state index is 11.6. The van der Waals surface area contributed by atoms with E-state index in [1.54, 1.807) is 0 Å². The number of ether oxygens (including phenoxy) is 1. The molecule has 80 valence electrons. The summed E-state index contributed by atoms with van der Waals surface area (Å²) in [5.41, 5.74) is 0.182. The van der Waals surface area contributed by atoms with Crippen molar-refractivity contribution in [3.63, 3.8) is 0 Å². The van der Waals surface area contributed by atoms with Crippen LogP contribution in [0.5, 0.6) is 0 Å². The molecule has 0 aromatic carbocycles. The minimum atomic E-state index is 0.180. The number of amides is 1. The lowest BCUT2D eigenvalue weighted by Crippen LogP contribution is -2.49. The maximum Gasteiger partial charge on any atom is 0.224 e. The lowest BCUT2D eigenvalue weighted by molar-refractivity contribution is -0.129. The number of hydrogen-bond acceptors (Lipinski definition) is 3. The fraction of sp³-hybridized carbons (Fsp3) is 0.900. The summed E-state index contributed by atoms with van der Waals surface area (Å²) in [5, 5.41) is 6.20. The van der Waals surface area contributed by atoms with Gasteiger partial charge in [0.1, 0.15) is 0 Å². The quantitative estimate of drug-likeness (QED) is 0.657. The molecule has 2 N–H and O–H groups in total. The standard InChI is InChI=1S/C10H18N2O2/c1-10(6-14-7-10)5-12-9(13)8-2-3-11-4-8/h8,11H,2-7H2,1H3,(H,12,13)/t8-/m0/s1. The van der Waals surface area contributed by atoms with Gasteiger partial charge in [0.05, 0.1) is 19.1 Å². The van der Waals surface area contributed by atoms with Gasteiger partial charge >= 0.3 is 0 Å². The third-order valence-electron chi connectivity index (χ3n) is 3.02. The summed E-state index contributed by atoms with van der Waals surface area (Å²) in [6.07, 6.45) is 0.971. The third kappa shape index (κ3) is 2.07. The molecule has 0 spiro atoms. The number of rotatable bonds is 3. The summed E-state index contributed by atoms with van der Waals surface area (Å²) in [5.74, 6) is 0.378. The van der Waals surface area contributed by atoms with E-state index in [4.69, 9.17) is 4.74 Å². The van der Waals surface area contributed by atoms with Gasteiger partial charge in [-0.2, -0.15) is 0 Å². The molecule has 2 rings (SSSR count). The van der Waals surface area contributed by atoms with Crippen LogP contribution in [0.3, 0.4) is 0 Å². The SMILES string of the molecule is CC1(CNC(=O)[C@H]2CCNC2)COC1. The van der Waals surface area contributed by atoms with Crippen LogP contribution in [0.2, 0.25) is 0 Å². The minimum absolute atomic E-state index is 0.180. The van der Waals surface area contributed by atoms with Gasteiger partial charge in [-0.3, -0.25) is 4.79 Å². The number of nitrogens with one attached hydrogen (secondary N) is 2. The van der Waals surface area contributed by atoms with Crippen LogP contribution in [0.1, 0.15) is 13.3 Å². The van der Waals surface area contributed by atoms with Crippen molar-refractivity contribution in [3.8, 4) is 0 Å². The Morgan fingerprint density at radius 2 is 2.43 bits per heavy atom. The maximum atomic E-state index is 11.6. The van der Waals surface area contributed by atoms with E-state index in [1.807, 2.05) is 0 Å². The molecular weight excluding hydrogens is 180 g/mol. The molecule has 14 heavy (non-hydrogen) atoms. The Morgan fingerprint density at radius 1 is 1.64 bits per heavy atom. The first kappa shape index (κ1) is 9.93. The second-order valence-corrected chi connectivity index (χ2v) is 4.71. The first-order valence-corrected chi connectivity index (χ1v) is 5.26. The van der Waals surface area contributed by atoms with Crippen molar-refractivity contribution in [2.45, 2.75) is 13.3 Å². The van der Waals surface area contributed by atoms with Crippen molar-refractivity contribution in [1.82, 2.24) is 10.6 Å². The Morgan fingerprint density at radius 3 is 2.93 bits per heavy atom. The summed E-state index contributed by atoms with van der Waals surface area (Å²) in [7, 11) is 0. The Hall–Kier alpha value is -0.610. The second-order valence-electron chi connectivity index (χ2n) is 4.71. The molecule has 0 aliphatic carbocycles. The van der Waals surface area contributed by atoms with Crippen molar-refractivity contribution < 1.29 is 9.53 Å². The summed E-state index contributed by atoms with van der Waals surface area (Å²) in [6, 6.07) is 0. The van der Waals surface area contributed by atoms with E-state index >= 15 is 0 Å². The molecule has 2 aliphatic heterocycles. The molecule has 0 bridgehead atoms. The molecule has 2 saturated heterocycles. The summed E-state index contributed by atoms with van der Waals surface area (Å²) < 4.78 is 5.13. The van der Waals surface area contributed by atoms with Crippen molar-refractivity contribution in [2.24, 2.45) is 11.3 Å². The molecule has 0 saturated carbocycles. The van der Waals surface area contributed by atoms with Crippen LogP contribution in [0.25, 0.3) is 0 Å². The van der Waals surface area contributed by atoms with Crippen LogP contribution in [-0.4, -0.2) is 38.8 Å². The highest BCUT2D eigenvalue weighted by Gasteiger charge is 2.34. The average Bonchev–Trinajstić information content (AvgIpc) is 2.63. The fourth-order valence-electron chi connectivity index (χ4n) is 1.88. The van der Waals surface area contributed by atoms with Crippen molar-refractivity contribution in [2.75, 3.05) is 32.8 Å². The highest BCUT2D eigenvalue weighted by molar-refractivity contribution is 5.79. The number of hydrogen-bond donors (Lipinski definition) is 2. The lowest BCUT2D eigenvalue weighted by Gasteiger charge is -2.38. The Balaban J connectivity index is 1.71. The number of carbonyl (C=O) groups is 1. The predicted octanol–water partition coefficient (Wildman–Crippen LogP) is -0.251. The topological polar surface area (TPSA) is 50.4 Å². The minimum Gasteiger partial charge on any atom is -0.380 e. The van der Waals surface area contributed by atoms with Gasteiger partial charge < -0.3 is 15.4 Å². The highest BCUT2D eigenvalue weighted by Crippen LogP contribution is 2.25. The van der Waals surface area contributed by atoms with E-state index in [1.165, 1.54) is 0 Å². The molecular formula is C10H18N2O2. The van der Waals surface area contributed by atoms with Crippen molar-refractivity contribution in [3.05, 3.63) is 0 Å². The van der Waals surface area contributed by atoms with Crippen LogP contribution in [-0.2, 0) is 9.53 Å². The van der Waals surface area contributed by atoms with E-state index < -0.39 is 0 Å². The number of carbonyl (C=O) groups excluding carboxylic acids is 1. The van der Waals surface area contributed by atoms with Crippen LogP contribution >= 0.6 is 0 Å². The predicted molar refractivity (Wildman–Crippen MR) is 52.9 cm³/mol. The molecule has 0 radical (unpaired) electrons. The highest BCUT2D eigenvalue weighted by atomic mass is 16.5. The summed E-state index contributed by atoms with van der Waals surface area (Å²) >= 11 is 0. The largest absolute Gasteiger partial charge is 0.380 e. The molecule has 0 aromatic rings. The van der Waals surface area contributed by atoms with E-state index in [-0.39, 0.29) is 17.2 Å². The van der Waals surface area contributed by atoms with Crippen LogP contribution in [0.4, 0.5) is 0 Å². The van der Waals surface area contributed by atoms with Gasteiger partial charge in [-0.1, -0.05) is 6.92 Å². The summed E-state index contributed by atoms with van der Waals surface area (Å²) in [6.45, 7) is 6.25. The van der Waals surface area contributed by atoms with Crippen LogP contribution in [0, 0.1) is 11.3 Å². The third-order valence-corrected chi connectivity index (χ3v) is 3.02. The van der Waals surface area contributed by atoms with E-state index in [0.717, 1.165) is 39.3 Å². The molecule has 4 nitrogen and oxygen atoms in total. The molecule has 2 heterocycles. The molecule has 1 atom stereocenters. The molecule has 1 amide bonds. The summed E-state index contributed by atoms with van der Waals surface area (Å²) in [4.78, 5) is 11.6. The molecule has 2 fully saturated rings. The Labute approximate surface area is 84.4 Å². The van der Waals surface area contributed by atoms with Gasteiger partial charge in [-0.15, -0.1) is 0 Å². The zero-order valence-electron chi connectivity index (χ0n) is 8.64.